The van der Waals surface area contributed by atoms with Crippen LogP contribution in [0.15, 0.2) is 225 Å². The molecule has 6 heteroatoms. The monoisotopic (exact) mass is 876 g/mol. The van der Waals surface area contributed by atoms with Crippen LogP contribution in [0.3, 0.4) is 0 Å². The number of ether oxygens (including phenoxy) is 1. The summed E-state index contributed by atoms with van der Waals surface area (Å²) in [7, 11) is 0. The van der Waals surface area contributed by atoms with Crippen molar-refractivity contribution in [3.63, 3.8) is 0 Å². The molecule has 0 aliphatic carbocycles. The van der Waals surface area contributed by atoms with E-state index in [2.05, 4.69) is 156 Å². The summed E-state index contributed by atoms with van der Waals surface area (Å²) in [6, 6.07) is 74.4. The summed E-state index contributed by atoms with van der Waals surface area (Å²) in [5.74, 6) is 1.23. The third-order valence-electron chi connectivity index (χ3n) is 13.2. The first-order valence-corrected chi connectivity index (χ1v) is 22.8. The topological polar surface area (TPSA) is 40.8 Å². The minimum Gasteiger partial charge on any atom is -0.458 e. The van der Waals surface area contributed by atoms with Crippen molar-refractivity contribution in [3.8, 4) is 62.1 Å². The molecule has 0 aliphatic heterocycles. The first-order chi connectivity index (χ1) is 34.8. The molecule has 4 aromatic heterocycles. The lowest BCUT2D eigenvalue weighted by atomic mass is 9.98. The van der Waals surface area contributed by atoms with Gasteiger partial charge in [-0.05, 0) is 90.3 Å². The van der Waals surface area contributed by atoms with Crippen LogP contribution in [0.1, 0.15) is 9.68 Å². The van der Waals surface area contributed by atoms with Crippen molar-refractivity contribution in [1.82, 2.24) is 18.7 Å². The number of para-hydroxylation sites is 5. The second-order valence-electron chi connectivity index (χ2n) is 17.2. The van der Waals surface area contributed by atoms with E-state index in [4.69, 9.17) is 13.8 Å². The Morgan fingerprint density at radius 1 is 0.485 bits per heavy atom. The van der Waals surface area contributed by atoms with Gasteiger partial charge in [0.15, 0.2) is 0 Å². The molecular formula is C62H43N5O. The highest BCUT2D eigenvalue weighted by Gasteiger charge is 2.24. The lowest BCUT2D eigenvalue weighted by Gasteiger charge is -2.21. The third kappa shape index (κ3) is 6.33. The average Bonchev–Trinajstić information content (AvgIpc) is 4.08. The van der Waals surface area contributed by atoms with E-state index in [1.807, 2.05) is 95.7 Å². The van der Waals surface area contributed by atoms with Crippen LogP contribution >= 0.6 is 0 Å². The fourth-order valence-corrected chi connectivity index (χ4v) is 10.3. The second-order valence-corrected chi connectivity index (χ2v) is 17.2. The summed E-state index contributed by atoms with van der Waals surface area (Å²) in [6.07, 6.45) is 5.25. The van der Waals surface area contributed by atoms with E-state index in [0.717, 1.165) is 94.1 Å². The van der Waals surface area contributed by atoms with Crippen molar-refractivity contribution in [1.29, 1.82) is 0 Å². The molecule has 0 aliphatic rings. The molecule has 13 aromatic rings. The van der Waals surface area contributed by atoms with Gasteiger partial charge in [-0.25, -0.2) is 0 Å². The zero-order valence-electron chi connectivity index (χ0n) is 40.0. The SMILES string of the molecule is [2H]C([2H])([2H])[n+]1[c-]n(-c2cccc(Oc3cccc(-c4cc(C)c(-c5ccccc5)cn4)c3)c2)c2cccc(-c3c(-n4c5ccccc5c5ccccc54)cccc3-n3c4ccccc4c4ccccc43)c21. The smallest absolute Gasteiger partial charge is 0.244 e. The minimum absolute atomic E-state index is 0.517. The molecule has 0 radical (unpaired) electrons. The number of hydrogen-bond acceptors (Lipinski definition) is 2. The number of imidazole rings is 1. The number of aryl methyl sites for hydroxylation is 2. The van der Waals surface area contributed by atoms with Gasteiger partial charge in [0.2, 0.25) is 6.33 Å². The van der Waals surface area contributed by atoms with Gasteiger partial charge in [0, 0.05) is 44.4 Å². The Balaban J connectivity index is 0.991. The van der Waals surface area contributed by atoms with Crippen LogP contribution in [0.5, 0.6) is 11.5 Å². The zero-order valence-corrected chi connectivity index (χ0v) is 37.0. The highest BCUT2D eigenvalue weighted by Crippen LogP contribution is 2.44. The van der Waals surface area contributed by atoms with Crippen LogP contribution < -0.4 is 9.30 Å². The molecule has 0 bridgehead atoms. The van der Waals surface area contributed by atoms with Gasteiger partial charge in [0.05, 0.1) is 66.9 Å². The van der Waals surface area contributed by atoms with E-state index in [1.165, 1.54) is 4.57 Å². The third-order valence-corrected chi connectivity index (χ3v) is 13.2. The van der Waals surface area contributed by atoms with Crippen LogP contribution in [0.4, 0.5) is 0 Å². The number of pyridine rings is 1. The predicted molar refractivity (Wildman–Crippen MR) is 277 cm³/mol. The normalized spacial score (nSPS) is 12.5. The van der Waals surface area contributed by atoms with Gasteiger partial charge in [-0.1, -0.05) is 152 Å². The molecule has 322 valence electrons. The molecule has 0 spiro atoms. The van der Waals surface area contributed by atoms with Crippen LogP contribution in [-0.2, 0) is 6.98 Å². The zero-order chi connectivity index (χ0) is 47.8. The maximum absolute atomic E-state index is 9.07. The molecule has 4 heterocycles. The quantitative estimate of drug-likeness (QED) is 0.113. The summed E-state index contributed by atoms with van der Waals surface area (Å²) in [6.45, 7) is -0.496. The Morgan fingerprint density at radius 3 is 1.60 bits per heavy atom. The van der Waals surface area contributed by atoms with Gasteiger partial charge in [0.25, 0.3) is 0 Å². The summed E-state index contributed by atoms with van der Waals surface area (Å²) < 4.78 is 41.6. The molecule has 0 atom stereocenters. The minimum atomic E-state index is -2.60. The number of hydrogen-bond donors (Lipinski definition) is 0. The van der Waals surface area contributed by atoms with E-state index in [0.29, 0.717) is 28.2 Å². The van der Waals surface area contributed by atoms with Crippen LogP contribution in [-0.4, -0.2) is 18.7 Å². The lowest BCUT2D eigenvalue weighted by molar-refractivity contribution is -0.649. The Morgan fingerprint density at radius 2 is 1.00 bits per heavy atom. The Kier molecular flexibility index (Phi) is 8.45. The van der Waals surface area contributed by atoms with Crippen molar-refractivity contribution >= 4 is 54.6 Å². The van der Waals surface area contributed by atoms with Crippen LogP contribution in [0.25, 0.3) is 105 Å². The first-order valence-electron chi connectivity index (χ1n) is 24.3. The van der Waals surface area contributed by atoms with E-state index in [-0.39, 0.29) is 0 Å². The van der Waals surface area contributed by atoms with E-state index < -0.39 is 6.98 Å². The molecule has 0 saturated carbocycles. The van der Waals surface area contributed by atoms with Gasteiger partial charge in [-0.3, -0.25) is 4.98 Å². The summed E-state index contributed by atoms with van der Waals surface area (Å²) in [5, 5.41) is 4.52. The van der Waals surface area contributed by atoms with Crippen molar-refractivity contribution in [2.75, 3.05) is 0 Å². The Labute approximate surface area is 397 Å². The number of aromatic nitrogens is 5. The molecule has 0 amide bonds. The molecule has 9 aromatic carbocycles. The number of benzene rings is 9. The maximum Gasteiger partial charge on any atom is 0.244 e. The molecule has 6 nitrogen and oxygen atoms in total. The Bertz CT molecular complexity index is 3980. The fourth-order valence-electron chi connectivity index (χ4n) is 10.3. The molecule has 68 heavy (non-hydrogen) atoms. The van der Waals surface area contributed by atoms with Crippen LogP contribution in [0, 0.1) is 13.3 Å². The Hall–Kier alpha value is -9.00. The summed E-state index contributed by atoms with van der Waals surface area (Å²) in [4.78, 5) is 4.85. The van der Waals surface area contributed by atoms with Gasteiger partial charge in [-0.15, -0.1) is 0 Å². The van der Waals surface area contributed by atoms with Crippen molar-refractivity contribution in [3.05, 3.63) is 236 Å². The maximum atomic E-state index is 9.07. The molecule has 13 rings (SSSR count). The van der Waals surface area contributed by atoms with Gasteiger partial charge >= 0.3 is 0 Å². The summed E-state index contributed by atoms with van der Waals surface area (Å²) in [5.41, 5.74) is 14.6. The molecule has 0 N–H and O–H groups in total. The second kappa shape index (κ2) is 15.9. The molecule has 0 unspecified atom stereocenters. The highest BCUT2D eigenvalue weighted by molar-refractivity contribution is 6.12. The molecule has 0 fully saturated rings. The average molecular weight is 877 g/mol. The highest BCUT2D eigenvalue weighted by atomic mass is 16.5. The molecular weight excluding hydrogens is 831 g/mol. The van der Waals surface area contributed by atoms with Gasteiger partial charge in [-0.2, -0.15) is 0 Å². The van der Waals surface area contributed by atoms with E-state index in [9.17, 15) is 0 Å². The number of fused-ring (bicyclic) bond motifs is 7. The van der Waals surface area contributed by atoms with Gasteiger partial charge < -0.3 is 23.0 Å². The summed E-state index contributed by atoms with van der Waals surface area (Å²) >= 11 is 0. The first kappa shape index (κ1) is 36.2. The number of rotatable bonds is 8. The molecule has 0 saturated heterocycles. The fraction of sp³-hybridized carbons (Fsp3) is 0.0323. The van der Waals surface area contributed by atoms with Crippen molar-refractivity contribution in [2.45, 2.75) is 6.92 Å². The van der Waals surface area contributed by atoms with E-state index in [1.54, 1.807) is 0 Å². The largest absolute Gasteiger partial charge is 0.458 e. The van der Waals surface area contributed by atoms with Gasteiger partial charge in [0.1, 0.15) is 11.5 Å². The predicted octanol–water partition coefficient (Wildman–Crippen LogP) is 14.9. The van der Waals surface area contributed by atoms with Crippen LogP contribution in [0.2, 0.25) is 0 Å². The van der Waals surface area contributed by atoms with E-state index >= 15 is 0 Å². The standard InChI is InChI=1S/C62H43N5O/c1-41-36-53(63-39-52(41)42-18-4-3-5-19-42)43-20-14-22-45(37-43)68-46-23-15-21-44(38-46)65-40-64(2)62-51(28-16-35-60(62)65)61-58(66-54-29-10-6-24-47(54)48-25-7-11-30-55(48)66)33-17-34-59(61)67-56-31-12-8-26-49(56)50-27-9-13-32-57(50)67/h3-39H,1-2H3/i2D3. The van der Waals surface area contributed by atoms with Crippen molar-refractivity contribution in [2.24, 2.45) is 6.98 Å². The lowest BCUT2D eigenvalue weighted by Crippen LogP contribution is -2.27. The van der Waals surface area contributed by atoms with Crippen molar-refractivity contribution < 1.29 is 13.4 Å². The number of nitrogens with zero attached hydrogens (tertiary/aromatic N) is 5.